The van der Waals surface area contributed by atoms with E-state index < -0.39 is 41.0 Å². The molecule has 0 spiro atoms. The summed E-state index contributed by atoms with van der Waals surface area (Å²) in [5.41, 5.74) is 5.77. The Labute approximate surface area is 180 Å². The monoisotopic (exact) mass is 441 g/mol. The molecule has 3 aromatic carbocycles. The Hall–Kier alpha value is -4.47. The molecule has 0 aromatic heterocycles. The summed E-state index contributed by atoms with van der Waals surface area (Å²) in [4.78, 5) is 11.9. The van der Waals surface area contributed by atoms with Crippen molar-refractivity contribution in [3.8, 4) is 40.2 Å². The van der Waals surface area contributed by atoms with Crippen LogP contribution >= 0.6 is 0 Å². The van der Waals surface area contributed by atoms with Crippen LogP contribution in [0.2, 0.25) is 0 Å². The molecule has 1 aliphatic rings. The molecule has 0 amide bonds. The summed E-state index contributed by atoms with van der Waals surface area (Å²) >= 11 is 0. The van der Waals surface area contributed by atoms with Crippen molar-refractivity contribution in [1.82, 2.24) is 0 Å². The number of phenols is 6. The third-order valence-corrected chi connectivity index (χ3v) is 5.48. The lowest BCUT2D eigenvalue weighted by Crippen LogP contribution is -2.26. The molecule has 3 aromatic rings. The zero-order valence-electron chi connectivity index (χ0n) is 16.4. The highest BCUT2D eigenvalue weighted by Crippen LogP contribution is 2.52. The lowest BCUT2D eigenvalue weighted by Gasteiger charge is -2.35. The Morgan fingerprint density at radius 2 is 1.56 bits per heavy atom. The summed E-state index contributed by atoms with van der Waals surface area (Å²) in [5.74, 6) is -5.36. The van der Waals surface area contributed by atoms with E-state index in [1.54, 1.807) is 0 Å². The number of fused-ring (bicyclic) bond motifs is 1. The van der Waals surface area contributed by atoms with Gasteiger partial charge in [0, 0.05) is 34.7 Å². The van der Waals surface area contributed by atoms with Crippen LogP contribution in [0.3, 0.4) is 0 Å². The molecule has 1 unspecified atom stereocenters. The number of ether oxygens (including phenoxy) is 1. The van der Waals surface area contributed by atoms with Gasteiger partial charge in [0.1, 0.15) is 29.1 Å². The third-order valence-electron chi connectivity index (χ3n) is 5.48. The first-order chi connectivity index (χ1) is 15.1. The van der Waals surface area contributed by atoms with Crippen LogP contribution in [0.25, 0.3) is 0 Å². The molecule has 0 radical (unpaired) electrons. The third kappa shape index (κ3) is 3.27. The quantitative estimate of drug-likeness (QED) is 0.221. The molecule has 2 atom stereocenters. The summed E-state index contributed by atoms with van der Waals surface area (Å²) < 4.78 is 5.96. The molecule has 0 saturated heterocycles. The van der Waals surface area contributed by atoms with Crippen LogP contribution in [0.4, 0.5) is 5.69 Å². The SMILES string of the molecule is Nc1ccc(C(=O)O)c(C2Cc3c(O)cc(O)cc3O[C@H]2c2cc(O)c(O)c(O)c2)c1O. The van der Waals surface area contributed by atoms with E-state index in [2.05, 4.69) is 0 Å². The van der Waals surface area contributed by atoms with E-state index in [9.17, 15) is 40.5 Å². The number of carboxylic acids is 1. The van der Waals surface area contributed by atoms with Gasteiger partial charge in [-0.05, 0) is 30.7 Å². The number of carbonyl (C=O) groups is 1. The zero-order chi connectivity index (χ0) is 23.3. The topological polar surface area (TPSA) is 194 Å². The van der Waals surface area contributed by atoms with Gasteiger partial charge >= 0.3 is 5.97 Å². The Morgan fingerprint density at radius 3 is 2.19 bits per heavy atom. The van der Waals surface area contributed by atoms with Crippen LogP contribution in [0.15, 0.2) is 36.4 Å². The molecule has 0 bridgehead atoms. The molecule has 1 heterocycles. The van der Waals surface area contributed by atoms with Crippen LogP contribution in [0, 0.1) is 0 Å². The molecule has 166 valence electrons. The van der Waals surface area contributed by atoms with Gasteiger partial charge in [0.2, 0.25) is 0 Å². The van der Waals surface area contributed by atoms with Gasteiger partial charge in [0.25, 0.3) is 0 Å². The molecule has 10 heteroatoms. The molecule has 32 heavy (non-hydrogen) atoms. The van der Waals surface area contributed by atoms with E-state index in [0.717, 1.165) is 18.2 Å². The van der Waals surface area contributed by atoms with Crippen molar-refractivity contribution in [1.29, 1.82) is 0 Å². The zero-order valence-corrected chi connectivity index (χ0v) is 16.4. The second kappa shape index (κ2) is 7.34. The number of aromatic hydroxyl groups is 6. The summed E-state index contributed by atoms with van der Waals surface area (Å²) in [6.07, 6.45) is -1.17. The van der Waals surface area contributed by atoms with E-state index in [1.807, 2.05) is 0 Å². The summed E-state index contributed by atoms with van der Waals surface area (Å²) in [6, 6.07) is 7.03. The summed E-state index contributed by atoms with van der Waals surface area (Å²) in [5, 5.41) is 70.2. The average Bonchev–Trinajstić information content (AvgIpc) is 2.72. The number of aromatic carboxylic acids is 1. The minimum atomic E-state index is -1.34. The number of hydrogen-bond donors (Lipinski definition) is 8. The maximum Gasteiger partial charge on any atom is 0.336 e. The molecule has 9 N–H and O–H groups in total. The van der Waals surface area contributed by atoms with Crippen LogP contribution in [0.1, 0.15) is 39.1 Å². The van der Waals surface area contributed by atoms with Gasteiger partial charge in [-0.3, -0.25) is 0 Å². The first-order valence-electron chi connectivity index (χ1n) is 9.39. The highest BCUT2D eigenvalue weighted by atomic mass is 16.5. The van der Waals surface area contributed by atoms with Crippen LogP contribution < -0.4 is 10.5 Å². The van der Waals surface area contributed by atoms with Crippen molar-refractivity contribution in [2.24, 2.45) is 0 Å². The van der Waals surface area contributed by atoms with E-state index in [4.69, 9.17) is 10.5 Å². The minimum Gasteiger partial charge on any atom is -0.508 e. The maximum atomic E-state index is 11.9. The van der Waals surface area contributed by atoms with Gasteiger partial charge in [-0.15, -0.1) is 0 Å². The minimum absolute atomic E-state index is 0.0498. The van der Waals surface area contributed by atoms with E-state index >= 15 is 0 Å². The normalized spacial score (nSPS) is 17.4. The Kier molecular flexibility index (Phi) is 4.77. The molecular formula is C22H19NO9. The number of benzene rings is 3. The van der Waals surface area contributed by atoms with Crippen molar-refractivity contribution < 1.29 is 45.3 Å². The molecule has 0 fully saturated rings. The highest BCUT2D eigenvalue weighted by Gasteiger charge is 2.39. The second-order valence-electron chi connectivity index (χ2n) is 7.47. The number of hydrogen-bond acceptors (Lipinski definition) is 9. The Balaban J connectivity index is 1.98. The maximum absolute atomic E-state index is 11.9. The molecule has 1 aliphatic heterocycles. The molecular weight excluding hydrogens is 422 g/mol. The summed E-state index contributed by atoms with van der Waals surface area (Å²) in [7, 11) is 0. The fourth-order valence-electron chi connectivity index (χ4n) is 4.00. The largest absolute Gasteiger partial charge is 0.508 e. The van der Waals surface area contributed by atoms with Crippen molar-refractivity contribution >= 4 is 11.7 Å². The number of nitrogens with two attached hydrogens (primary N) is 1. The van der Waals surface area contributed by atoms with Gasteiger partial charge in [0.05, 0.1) is 11.3 Å². The smallest absolute Gasteiger partial charge is 0.336 e. The highest BCUT2D eigenvalue weighted by molar-refractivity contribution is 5.92. The van der Waals surface area contributed by atoms with Gasteiger partial charge in [-0.2, -0.15) is 0 Å². The van der Waals surface area contributed by atoms with Gasteiger partial charge in [-0.25, -0.2) is 4.79 Å². The van der Waals surface area contributed by atoms with E-state index in [1.165, 1.54) is 18.2 Å². The Morgan fingerprint density at radius 1 is 0.906 bits per heavy atom. The van der Waals surface area contributed by atoms with Gasteiger partial charge in [0.15, 0.2) is 17.2 Å². The fraction of sp³-hybridized carbons (Fsp3) is 0.136. The van der Waals surface area contributed by atoms with Crippen molar-refractivity contribution in [2.45, 2.75) is 18.4 Å². The molecule has 0 saturated carbocycles. The van der Waals surface area contributed by atoms with E-state index in [0.29, 0.717) is 0 Å². The predicted molar refractivity (Wildman–Crippen MR) is 111 cm³/mol. The number of carboxylic acid groups (broad SMARTS) is 1. The predicted octanol–water partition coefficient (Wildman–Crippen LogP) is 2.66. The number of rotatable bonds is 3. The molecule has 0 aliphatic carbocycles. The lowest BCUT2D eigenvalue weighted by molar-refractivity contribution is 0.0691. The van der Waals surface area contributed by atoms with Crippen molar-refractivity contribution in [3.05, 3.63) is 58.7 Å². The van der Waals surface area contributed by atoms with Crippen molar-refractivity contribution in [3.63, 3.8) is 0 Å². The molecule has 4 rings (SSSR count). The van der Waals surface area contributed by atoms with Crippen LogP contribution in [-0.4, -0.2) is 41.7 Å². The fourth-order valence-corrected chi connectivity index (χ4v) is 4.00. The second-order valence-corrected chi connectivity index (χ2v) is 7.47. The van der Waals surface area contributed by atoms with Crippen molar-refractivity contribution in [2.75, 3.05) is 5.73 Å². The van der Waals surface area contributed by atoms with Gasteiger partial charge in [-0.1, -0.05) is 0 Å². The first kappa shape index (κ1) is 20.8. The Bertz CT molecular complexity index is 1230. The summed E-state index contributed by atoms with van der Waals surface area (Å²) in [6.45, 7) is 0. The van der Waals surface area contributed by atoms with Crippen LogP contribution in [0.5, 0.6) is 40.2 Å². The molecule has 10 nitrogen and oxygen atoms in total. The first-order valence-corrected chi connectivity index (χ1v) is 9.39. The van der Waals surface area contributed by atoms with E-state index in [-0.39, 0.29) is 51.6 Å². The lowest BCUT2D eigenvalue weighted by atomic mass is 9.79. The van der Waals surface area contributed by atoms with Gasteiger partial charge < -0.3 is 46.2 Å². The standard InChI is InChI=1S/C22H19NO9/c23-13-2-1-10(22(30)31)18(19(13)28)12-7-11-14(25)5-9(24)6-17(11)32-21(12)8-3-15(26)20(29)16(27)4-8/h1-6,12,21,24-29H,7,23H2,(H,30,31)/t12?,21-/m0/s1. The number of nitrogen functional groups attached to an aromatic ring is 1. The average molecular weight is 441 g/mol. The van der Waals surface area contributed by atoms with Crippen LogP contribution in [-0.2, 0) is 6.42 Å². The number of anilines is 1. The number of phenolic OH excluding ortho intramolecular Hbond substituents is 6.